The molecule has 1 aromatic rings. The smallest absolute Gasteiger partial charge is 0.281 e. The number of fused-ring (bicyclic) bond motifs is 1. The fourth-order valence-corrected chi connectivity index (χ4v) is 1.91. The Balaban J connectivity index is 2.41. The lowest BCUT2D eigenvalue weighted by Crippen LogP contribution is -2.06. The highest BCUT2D eigenvalue weighted by atomic mass is 32.2. The number of aliphatic imine (C=N–C) groups is 1. The molecule has 0 aromatic heterocycles. The zero-order valence-corrected chi connectivity index (χ0v) is 7.82. The largest absolute Gasteiger partial charge is 0.416 e. The molecule has 0 fully saturated rings. The zero-order valence-electron chi connectivity index (χ0n) is 7.01. The third-order valence-electron chi connectivity index (χ3n) is 1.90. The first-order valence-electron chi connectivity index (χ1n) is 3.92. The van der Waals surface area contributed by atoms with Gasteiger partial charge in [0.15, 0.2) is 0 Å². The molecule has 1 nitrogen and oxygen atoms in total. The molecule has 0 spiro atoms. The van der Waals surface area contributed by atoms with Gasteiger partial charge in [-0.05, 0) is 23.8 Å². The fraction of sp³-hybridized carbons (Fsp3) is 0.222. The van der Waals surface area contributed by atoms with Gasteiger partial charge < -0.3 is 0 Å². The maximum absolute atomic E-state index is 12.3. The summed E-state index contributed by atoms with van der Waals surface area (Å²) in [6.07, 6.45) is -4.26. The lowest BCUT2D eigenvalue weighted by atomic mass is 10.1. The normalized spacial score (nSPS) is 15.4. The Morgan fingerprint density at radius 1 is 1.29 bits per heavy atom. The molecule has 0 amide bonds. The Bertz CT molecular complexity index is 384. The van der Waals surface area contributed by atoms with Gasteiger partial charge in [0.1, 0.15) is 0 Å². The maximum atomic E-state index is 12.3. The van der Waals surface area contributed by atoms with Gasteiger partial charge >= 0.3 is 6.18 Å². The minimum atomic E-state index is -4.26. The van der Waals surface area contributed by atoms with Crippen molar-refractivity contribution in [3.8, 4) is 0 Å². The monoisotopic (exact) mass is 217 g/mol. The third kappa shape index (κ3) is 1.77. The predicted molar refractivity (Wildman–Crippen MR) is 49.5 cm³/mol. The van der Waals surface area contributed by atoms with Crippen LogP contribution in [0.3, 0.4) is 0 Å². The molecule has 74 valence electrons. The van der Waals surface area contributed by atoms with Crippen molar-refractivity contribution in [2.24, 2.45) is 4.99 Å². The van der Waals surface area contributed by atoms with E-state index in [-0.39, 0.29) is 0 Å². The summed E-state index contributed by atoms with van der Waals surface area (Å²) in [5, 5.41) is 0. The van der Waals surface area contributed by atoms with E-state index >= 15 is 0 Å². The molecule has 0 saturated carbocycles. The van der Waals surface area contributed by atoms with Crippen LogP contribution in [0.15, 0.2) is 28.1 Å². The molecule has 0 bridgehead atoms. The molecule has 5 heteroatoms. The zero-order chi connectivity index (χ0) is 10.2. The van der Waals surface area contributed by atoms with Crippen LogP contribution in [0.1, 0.15) is 11.1 Å². The number of alkyl halides is 3. The van der Waals surface area contributed by atoms with Crippen LogP contribution in [0.2, 0.25) is 0 Å². The van der Waals surface area contributed by atoms with E-state index in [1.54, 1.807) is 5.55 Å². The summed E-state index contributed by atoms with van der Waals surface area (Å²) in [6, 6.07) is 3.76. The van der Waals surface area contributed by atoms with E-state index in [1.807, 2.05) is 0 Å². The van der Waals surface area contributed by atoms with Crippen molar-refractivity contribution in [1.29, 1.82) is 0 Å². The van der Waals surface area contributed by atoms with Gasteiger partial charge in [-0.3, -0.25) is 4.99 Å². The first-order valence-corrected chi connectivity index (χ1v) is 4.80. The van der Waals surface area contributed by atoms with E-state index in [2.05, 4.69) is 4.99 Å². The molecule has 1 heterocycles. The molecule has 1 aliphatic rings. The number of nitrogens with zero attached hydrogens (tertiary/aromatic N) is 1. The van der Waals surface area contributed by atoms with Gasteiger partial charge in [-0.2, -0.15) is 13.2 Å². The number of benzene rings is 1. The van der Waals surface area contributed by atoms with E-state index < -0.39 is 11.7 Å². The molecular formula is C9H6F3NS. The molecule has 0 aliphatic carbocycles. The molecular weight excluding hydrogens is 211 g/mol. The summed E-state index contributed by atoms with van der Waals surface area (Å²) in [6.45, 7) is 0.340. The third-order valence-corrected chi connectivity index (χ3v) is 2.81. The van der Waals surface area contributed by atoms with Crippen LogP contribution in [0.25, 0.3) is 0 Å². The second kappa shape index (κ2) is 3.31. The van der Waals surface area contributed by atoms with Crippen LogP contribution < -0.4 is 0 Å². The van der Waals surface area contributed by atoms with Gasteiger partial charge in [0.25, 0.3) is 0 Å². The second-order valence-electron chi connectivity index (χ2n) is 2.88. The van der Waals surface area contributed by atoms with Gasteiger partial charge in [-0.15, -0.1) is 0 Å². The Labute approximate surface area is 83.0 Å². The first-order chi connectivity index (χ1) is 6.57. The molecule has 1 aromatic carbocycles. The van der Waals surface area contributed by atoms with E-state index in [9.17, 15) is 13.2 Å². The van der Waals surface area contributed by atoms with Crippen LogP contribution in [0, 0.1) is 0 Å². The SMILES string of the molecule is FC(F)(F)c1ccc2c(c1)CN=CS2. The van der Waals surface area contributed by atoms with Crippen LogP contribution >= 0.6 is 11.8 Å². The summed E-state index contributed by atoms with van der Waals surface area (Å²) in [4.78, 5) is 4.77. The van der Waals surface area contributed by atoms with E-state index in [0.29, 0.717) is 12.1 Å². The van der Waals surface area contributed by atoms with Crippen LogP contribution in [0.5, 0.6) is 0 Å². The summed E-state index contributed by atoms with van der Waals surface area (Å²) < 4.78 is 36.9. The van der Waals surface area contributed by atoms with Gasteiger partial charge in [0.2, 0.25) is 0 Å². The van der Waals surface area contributed by atoms with Crippen LogP contribution in [0.4, 0.5) is 13.2 Å². The maximum Gasteiger partial charge on any atom is 0.416 e. The average Bonchev–Trinajstić information content (AvgIpc) is 2.16. The molecule has 2 rings (SSSR count). The van der Waals surface area contributed by atoms with E-state index in [4.69, 9.17) is 0 Å². The molecule has 0 radical (unpaired) electrons. The summed E-state index contributed by atoms with van der Waals surface area (Å²) >= 11 is 1.35. The Hall–Kier alpha value is -0.970. The molecule has 14 heavy (non-hydrogen) atoms. The number of hydrogen-bond donors (Lipinski definition) is 0. The van der Waals surface area contributed by atoms with Gasteiger partial charge in [-0.1, -0.05) is 11.8 Å². The lowest BCUT2D eigenvalue weighted by Gasteiger charge is -2.13. The number of halogens is 3. The minimum Gasteiger partial charge on any atom is -0.281 e. The van der Waals surface area contributed by atoms with Gasteiger partial charge in [0, 0.05) is 4.90 Å². The van der Waals surface area contributed by atoms with Crippen molar-refractivity contribution < 1.29 is 13.2 Å². The number of thioether (sulfide) groups is 1. The predicted octanol–water partition coefficient (Wildman–Crippen LogP) is 3.34. The van der Waals surface area contributed by atoms with Gasteiger partial charge in [-0.25, -0.2) is 0 Å². The summed E-state index contributed by atoms with van der Waals surface area (Å²) in [5.41, 5.74) is 1.69. The first kappa shape index (κ1) is 9.58. The second-order valence-corrected chi connectivity index (χ2v) is 3.77. The number of hydrogen-bond acceptors (Lipinski definition) is 2. The molecule has 1 aliphatic heterocycles. The Kier molecular flexibility index (Phi) is 2.26. The highest BCUT2D eigenvalue weighted by Gasteiger charge is 2.31. The molecule has 0 unspecified atom stereocenters. The molecule has 0 atom stereocenters. The molecule has 0 N–H and O–H groups in total. The van der Waals surface area contributed by atoms with Crippen molar-refractivity contribution in [3.05, 3.63) is 29.3 Å². The Morgan fingerprint density at radius 2 is 2.07 bits per heavy atom. The highest BCUT2D eigenvalue weighted by Crippen LogP contribution is 2.34. The average molecular weight is 217 g/mol. The fourth-order valence-electron chi connectivity index (χ4n) is 1.22. The molecule has 0 saturated heterocycles. The van der Waals surface area contributed by atoms with Crippen molar-refractivity contribution in [3.63, 3.8) is 0 Å². The standard InChI is InChI=1S/C9H6F3NS/c10-9(11,12)7-1-2-8-6(3-7)4-13-5-14-8/h1-3,5H,4H2. The van der Waals surface area contributed by atoms with E-state index in [0.717, 1.165) is 11.0 Å². The van der Waals surface area contributed by atoms with Crippen molar-refractivity contribution in [1.82, 2.24) is 0 Å². The van der Waals surface area contributed by atoms with Crippen LogP contribution in [-0.2, 0) is 12.7 Å². The number of rotatable bonds is 0. The van der Waals surface area contributed by atoms with Crippen molar-refractivity contribution >= 4 is 17.3 Å². The van der Waals surface area contributed by atoms with Crippen LogP contribution in [-0.4, -0.2) is 5.55 Å². The lowest BCUT2D eigenvalue weighted by molar-refractivity contribution is -0.137. The van der Waals surface area contributed by atoms with E-state index in [1.165, 1.54) is 23.9 Å². The topological polar surface area (TPSA) is 12.4 Å². The summed E-state index contributed by atoms with van der Waals surface area (Å²) in [5.74, 6) is 0. The van der Waals surface area contributed by atoms with Crippen molar-refractivity contribution in [2.75, 3.05) is 0 Å². The summed E-state index contributed by atoms with van der Waals surface area (Å²) in [7, 11) is 0. The van der Waals surface area contributed by atoms with Crippen molar-refractivity contribution in [2.45, 2.75) is 17.6 Å². The quantitative estimate of drug-likeness (QED) is 0.649. The van der Waals surface area contributed by atoms with Gasteiger partial charge in [0.05, 0.1) is 17.7 Å². The highest BCUT2D eigenvalue weighted by molar-refractivity contribution is 8.12. The minimum absolute atomic E-state index is 0.340. The Morgan fingerprint density at radius 3 is 2.79 bits per heavy atom.